The minimum Gasteiger partial charge on any atom is -0.353 e. The Hall–Kier alpha value is -0.0800. The lowest BCUT2D eigenvalue weighted by atomic mass is 10.1. The van der Waals surface area contributed by atoms with Crippen molar-refractivity contribution in [2.75, 3.05) is 13.2 Å². The van der Waals surface area contributed by atoms with E-state index in [0.29, 0.717) is 0 Å². The summed E-state index contributed by atoms with van der Waals surface area (Å²) in [4.78, 5) is 0. The van der Waals surface area contributed by atoms with Crippen molar-refractivity contribution < 1.29 is 9.47 Å². The van der Waals surface area contributed by atoms with Gasteiger partial charge in [0, 0.05) is 13.2 Å². The van der Waals surface area contributed by atoms with Gasteiger partial charge in [-0.25, -0.2) is 0 Å². The first-order valence-corrected chi connectivity index (χ1v) is 11.6. The molecule has 0 aliphatic rings. The molecule has 0 spiro atoms. The van der Waals surface area contributed by atoms with E-state index in [-0.39, 0.29) is 6.29 Å². The normalized spacial score (nSPS) is 12.6. The molecule has 0 saturated carbocycles. The Morgan fingerprint density at radius 3 is 1.40 bits per heavy atom. The van der Waals surface area contributed by atoms with E-state index in [9.17, 15) is 0 Å². The van der Waals surface area contributed by atoms with Crippen molar-refractivity contribution in [3.8, 4) is 0 Å². The van der Waals surface area contributed by atoms with Crippen molar-refractivity contribution >= 4 is 0 Å². The lowest BCUT2D eigenvalue weighted by Gasteiger charge is -2.17. The van der Waals surface area contributed by atoms with Gasteiger partial charge in [-0.3, -0.25) is 0 Å². The van der Waals surface area contributed by atoms with Gasteiger partial charge < -0.3 is 9.47 Å². The largest absolute Gasteiger partial charge is 0.353 e. The molecule has 152 valence electrons. The molecule has 0 radical (unpaired) electrons. The Bertz CT molecular complexity index is 230. The van der Waals surface area contributed by atoms with Crippen LogP contribution in [0.4, 0.5) is 0 Å². The van der Waals surface area contributed by atoms with Crippen molar-refractivity contribution in [1.29, 1.82) is 0 Å². The highest BCUT2D eigenvalue weighted by molar-refractivity contribution is 4.51. The molecule has 0 N–H and O–H groups in total. The summed E-state index contributed by atoms with van der Waals surface area (Å²) in [7, 11) is 0. The molecule has 0 heterocycles. The Morgan fingerprint density at radius 2 is 0.920 bits per heavy atom. The molecule has 0 rings (SSSR count). The SMILES string of the molecule is CCCCCCCCCCOC(CCCCCCCCCC)OCC. The molecule has 0 saturated heterocycles. The van der Waals surface area contributed by atoms with Crippen LogP contribution in [0.5, 0.6) is 0 Å². The molecule has 0 aromatic heterocycles. The van der Waals surface area contributed by atoms with E-state index in [1.807, 2.05) is 0 Å². The molecule has 0 aromatic carbocycles. The van der Waals surface area contributed by atoms with Crippen LogP contribution < -0.4 is 0 Å². The smallest absolute Gasteiger partial charge is 0.157 e. The third kappa shape index (κ3) is 20.1. The maximum absolute atomic E-state index is 5.97. The molecule has 1 unspecified atom stereocenters. The third-order valence-corrected chi connectivity index (χ3v) is 4.95. The zero-order valence-corrected chi connectivity index (χ0v) is 17.8. The number of hydrogen-bond acceptors (Lipinski definition) is 2. The van der Waals surface area contributed by atoms with Gasteiger partial charge in [0.05, 0.1) is 0 Å². The molecule has 0 aliphatic carbocycles. The van der Waals surface area contributed by atoms with Crippen molar-refractivity contribution in [2.45, 2.75) is 136 Å². The zero-order chi connectivity index (χ0) is 18.4. The van der Waals surface area contributed by atoms with Gasteiger partial charge in [0.2, 0.25) is 0 Å². The fraction of sp³-hybridized carbons (Fsp3) is 1.00. The van der Waals surface area contributed by atoms with Crippen molar-refractivity contribution in [2.24, 2.45) is 0 Å². The van der Waals surface area contributed by atoms with Gasteiger partial charge in [-0.15, -0.1) is 0 Å². The average molecular weight is 357 g/mol. The van der Waals surface area contributed by atoms with E-state index in [1.54, 1.807) is 0 Å². The summed E-state index contributed by atoms with van der Waals surface area (Å²) in [6.07, 6.45) is 22.9. The van der Waals surface area contributed by atoms with Crippen LogP contribution in [0.25, 0.3) is 0 Å². The second kappa shape index (κ2) is 22.0. The first-order valence-electron chi connectivity index (χ1n) is 11.6. The van der Waals surface area contributed by atoms with Crippen molar-refractivity contribution in [1.82, 2.24) is 0 Å². The van der Waals surface area contributed by atoms with E-state index < -0.39 is 0 Å². The van der Waals surface area contributed by atoms with E-state index in [1.165, 1.54) is 103 Å². The second-order valence-electron chi connectivity index (χ2n) is 7.49. The number of rotatable bonds is 21. The molecule has 0 bridgehead atoms. The van der Waals surface area contributed by atoms with Crippen molar-refractivity contribution in [3.63, 3.8) is 0 Å². The summed E-state index contributed by atoms with van der Waals surface area (Å²) in [6, 6.07) is 0. The van der Waals surface area contributed by atoms with Gasteiger partial charge in [0.25, 0.3) is 0 Å². The molecule has 0 fully saturated rings. The van der Waals surface area contributed by atoms with Gasteiger partial charge in [0.1, 0.15) is 0 Å². The number of ether oxygens (including phenoxy) is 2. The van der Waals surface area contributed by atoms with Crippen molar-refractivity contribution in [3.05, 3.63) is 0 Å². The molecule has 0 amide bonds. The Labute approximate surface area is 159 Å². The fourth-order valence-corrected chi connectivity index (χ4v) is 3.30. The second-order valence-corrected chi connectivity index (χ2v) is 7.49. The molecular formula is C23H48O2. The number of hydrogen-bond donors (Lipinski definition) is 0. The van der Waals surface area contributed by atoms with E-state index in [4.69, 9.17) is 9.47 Å². The summed E-state index contributed by atoms with van der Waals surface area (Å²) in [5, 5.41) is 0. The summed E-state index contributed by atoms with van der Waals surface area (Å²) in [6.45, 7) is 8.26. The zero-order valence-electron chi connectivity index (χ0n) is 17.8. The van der Waals surface area contributed by atoms with E-state index in [0.717, 1.165) is 19.6 Å². The highest BCUT2D eigenvalue weighted by Gasteiger charge is 2.08. The van der Waals surface area contributed by atoms with Crippen LogP contribution >= 0.6 is 0 Å². The Balaban J connectivity index is 3.42. The Morgan fingerprint density at radius 1 is 0.480 bits per heavy atom. The molecule has 0 aliphatic heterocycles. The monoisotopic (exact) mass is 356 g/mol. The van der Waals surface area contributed by atoms with Gasteiger partial charge in [-0.2, -0.15) is 0 Å². The minimum atomic E-state index is 0.0367. The lowest BCUT2D eigenvalue weighted by Crippen LogP contribution is -2.18. The Kier molecular flexibility index (Phi) is 21.9. The predicted octanol–water partition coefficient (Wildman–Crippen LogP) is 8.04. The van der Waals surface area contributed by atoms with Crippen LogP contribution in [-0.2, 0) is 9.47 Å². The summed E-state index contributed by atoms with van der Waals surface area (Å²) in [5.74, 6) is 0. The van der Waals surface area contributed by atoms with Crippen LogP contribution in [-0.4, -0.2) is 19.5 Å². The van der Waals surface area contributed by atoms with Crippen LogP contribution in [0, 0.1) is 0 Å². The highest BCUT2D eigenvalue weighted by Crippen LogP contribution is 2.14. The third-order valence-electron chi connectivity index (χ3n) is 4.95. The standard InChI is InChI=1S/C23H48O2/c1-4-7-9-11-13-15-17-19-21-23(24-6-3)25-22-20-18-16-14-12-10-8-5-2/h23H,4-22H2,1-3H3. The molecule has 25 heavy (non-hydrogen) atoms. The van der Waals surface area contributed by atoms with Gasteiger partial charge in [-0.05, 0) is 26.2 Å². The maximum Gasteiger partial charge on any atom is 0.157 e. The first kappa shape index (κ1) is 24.9. The highest BCUT2D eigenvalue weighted by atomic mass is 16.7. The summed E-state index contributed by atoms with van der Waals surface area (Å²) < 4.78 is 11.7. The van der Waals surface area contributed by atoms with Crippen LogP contribution in [0.2, 0.25) is 0 Å². The van der Waals surface area contributed by atoms with E-state index >= 15 is 0 Å². The minimum absolute atomic E-state index is 0.0367. The molecule has 0 aromatic rings. The fourth-order valence-electron chi connectivity index (χ4n) is 3.30. The van der Waals surface area contributed by atoms with Gasteiger partial charge >= 0.3 is 0 Å². The number of unbranched alkanes of at least 4 members (excludes halogenated alkanes) is 14. The van der Waals surface area contributed by atoms with Gasteiger partial charge in [-0.1, -0.05) is 104 Å². The maximum atomic E-state index is 5.97. The van der Waals surface area contributed by atoms with Gasteiger partial charge in [0.15, 0.2) is 6.29 Å². The first-order chi connectivity index (χ1) is 12.3. The quantitative estimate of drug-likeness (QED) is 0.153. The topological polar surface area (TPSA) is 18.5 Å². The molecular weight excluding hydrogens is 308 g/mol. The summed E-state index contributed by atoms with van der Waals surface area (Å²) >= 11 is 0. The van der Waals surface area contributed by atoms with Crippen LogP contribution in [0.15, 0.2) is 0 Å². The van der Waals surface area contributed by atoms with Crippen LogP contribution in [0.1, 0.15) is 130 Å². The van der Waals surface area contributed by atoms with Crippen LogP contribution in [0.3, 0.4) is 0 Å². The summed E-state index contributed by atoms with van der Waals surface area (Å²) in [5.41, 5.74) is 0. The van der Waals surface area contributed by atoms with E-state index in [2.05, 4.69) is 20.8 Å². The molecule has 2 nitrogen and oxygen atoms in total. The molecule has 2 heteroatoms. The molecule has 1 atom stereocenters. The average Bonchev–Trinajstić information content (AvgIpc) is 2.62. The lowest BCUT2D eigenvalue weighted by molar-refractivity contribution is -0.144. The predicted molar refractivity (Wildman–Crippen MR) is 111 cm³/mol.